The Balaban J connectivity index is 5.71. The Kier molecular flexibility index (Phi) is 5.96. The van der Waals surface area contributed by atoms with Gasteiger partial charge in [0.15, 0.2) is 0 Å². The quantitative estimate of drug-likeness (QED) is 0.620. The van der Waals surface area contributed by atoms with Crippen LogP contribution in [0, 0.1) is 5.41 Å². The van der Waals surface area contributed by atoms with Gasteiger partial charge in [0.2, 0.25) is 0 Å². The third kappa shape index (κ3) is 5.36. The number of hydrogen-bond acceptors (Lipinski definition) is 5. The van der Waals surface area contributed by atoms with Crippen LogP contribution < -0.4 is 0 Å². The Morgan fingerprint density at radius 3 is 1.38 bits per heavy atom. The van der Waals surface area contributed by atoms with Gasteiger partial charge in [-0.2, -0.15) is 0 Å². The third-order valence-corrected chi connectivity index (χ3v) is 2.48. The van der Waals surface area contributed by atoms with Gasteiger partial charge in [0, 0.05) is 0 Å². The molecule has 0 amide bonds. The fourth-order valence-electron chi connectivity index (χ4n) is 1.67. The van der Waals surface area contributed by atoms with Crippen LogP contribution in [0.1, 0.15) is 61.3 Å². The molecule has 0 bridgehead atoms. The molecule has 6 nitrogen and oxygen atoms in total. The van der Waals surface area contributed by atoms with Gasteiger partial charge < -0.3 is 14.6 Å². The molecule has 6 heteroatoms. The van der Waals surface area contributed by atoms with Crippen LogP contribution in [0.15, 0.2) is 0 Å². The first-order valence-electron chi connectivity index (χ1n) is 6.96. The number of rotatable bonds is 5. The SMILES string of the molecule is CCCC(C(=O)O)(C(=O)OC(C)(C)C)C(=O)OC(C)(C)C. The van der Waals surface area contributed by atoms with E-state index in [9.17, 15) is 19.5 Å². The van der Waals surface area contributed by atoms with Crippen LogP contribution in [-0.2, 0) is 23.9 Å². The summed E-state index contributed by atoms with van der Waals surface area (Å²) in [4.78, 5) is 36.3. The summed E-state index contributed by atoms with van der Waals surface area (Å²) in [6.45, 7) is 11.3. The summed E-state index contributed by atoms with van der Waals surface area (Å²) in [5, 5.41) is 9.49. The summed E-state index contributed by atoms with van der Waals surface area (Å²) in [6.07, 6.45) is 0.150. The molecule has 0 atom stereocenters. The Hall–Kier alpha value is -1.59. The number of aliphatic carboxylic acids is 1. The van der Waals surface area contributed by atoms with E-state index in [0.717, 1.165) is 0 Å². The first-order valence-corrected chi connectivity index (χ1v) is 6.96. The lowest BCUT2D eigenvalue weighted by molar-refractivity contribution is -0.192. The van der Waals surface area contributed by atoms with Gasteiger partial charge in [-0.25, -0.2) is 0 Å². The van der Waals surface area contributed by atoms with E-state index in [1.54, 1.807) is 48.5 Å². The van der Waals surface area contributed by atoms with Gasteiger partial charge in [-0.15, -0.1) is 0 Å². The highest BCUT2D eigenvalue weighted by Gasteiger charge is 2.57. The minimum absolute atomic E-state index is 0.174. The Labute approximate surface area is 125 Å². The maximum absolute atomic E-state index is 12.3. The van der Waals surface area contributed by atoms with Crippen LogP contribution in [0.25, 0.3) is 0 Å². The molecule has 0 saturated carbocycles. The molecule has 0 aliphatic rings. The van der Waals surface area contributed by atoms with E-state index in [-0.39, 0.29) is 6.42 Å². The number of carbonyl (C=O) groups is 3. The van der Waals surface area contributed by atoms with Crippen LogP contribution in [0.3, 0.4) is 0 Å². The zero-order valence-corrected chi connectivity index (χ0v) is 13.9. The van der Waals surface area contributed by atoms with E-state index in [2.05, 4.69) is 0 Å². The van der Waals surface area contributed by atoms with E-state index in [1.165, 1.54) is 0 Å². The number of esters is 2. The van der Waals surface area contributed by atoms with E-state index in [1.807, 2.05) is 0 Å². The van der Waals surface area contributed by atoms with Crippen LogP contribution in [0.5, 0.6) is 0 Å². The second kappa shape index (κ2) is 6.45. The highest BCUT2D eigenvalue weighted by Crippen LogP contribution is 2.32. The molecule has 0 unspecified atom stereocenters. The molecule has 0 saturated heterocycles. The van der Waals surface area contributed by atoms with Crippen molar-refractivity contribution >= 4 is 17.9 Å². The molecule has 21 heavy (non-hydrogen) atoms. The number of hydrogen-bond donors (Lipinski definition) is 1. The molecule has 0 aromatic carbocycles. The summed E-state index contributed by atoms with van der Waals surface area (Å²) in [5.41, 5.74) is -4.11. The summed E-state index contributed by atoms with van der Waals surface area (Å²) >= 11 is 0. The van der Waals surface area contributed by atoms with Gasteiger partial charge in [-0.1, -0.05) is 13.3 Å². The molecule has 0 aliphatic carbocycles. The second-order valence-electron chi connectivity index (χ2n) is 6.96. The van der Waals surface area contributed by atoms with Crippen LogP contribution in [0.2, 0.25) is 0 Å². The van der Waals surface area contributed by atoms with Gasteiger partial charge in [0.05, 0.1) is 0 Å². The van der Waals surface area contributed by atoms with Crippen molar-refractivity contribution in [1.82, 2.24) is 0 Å². The van der Waals surface area contributed by atoms with Crippen molar-refractivity contribution in [1.29, 1.82) is 0 Å². The summed E-state index contributed by atoms with van der Waals surface area (Å²) in [6, 6.07) is 0. The van der Waals surface area contributed by atoms with Crippen LogP contribution in [0.4, 0.5) is 0 Å². The maximum Gasteiger partial charge on any atom is 0.335 e. The molecule has 0 aromatic rings. The third-order valence-electron chi connectivity index (χ3n) is 2.48. The Bertz CT molecular complexity index is 383. The lowest BCUT2D eigenvalue weighted by Gasteiger charge is -2.31. The number of carbonyl (C=O) groups excluding carboxylic acids is 2. The molecular weight excluding hydrogens is 276 g/mol. The summed E-state index contributed by atoms with van der Waals surface area (Å²) in [7, 11) is 0. The summed E-state index contributed by atoms with van der Waals surface area (Å²) in [5.74, 6) is -3.72. The molecule has 0 radical (unpaired) electrons. The van der Waals surface area contributed by atoms with E-state index in [4.69, 9.17) is 9.47 Å². The van der Waals surface area contributed by atoms with Crippen molar-refractivity contribution in [2.75, 3.05) is 0 Å². The molecule has 0 rings (SSSR count). The van der Waals surface area contributed by atoms with Gasteiger partial charge in [-0.05, 0) is 48.0 Å². The monoisotopic (exact) mass is 302 g/mol. The van der Waals surface area contributed by atoms with E-state index in [0.29, 0.717) is 6.42 Å². The smallest absolute Gasteiger partial charge is 0.335 e. The first-order chi connectivity index (χ1) is 9.26. The fraction of sp³-hybridized carbons (Fsp3) is 0.800. The van der Waals surface area contributed by atoms with E-state index < -0.39 is 34.5 Å². The van der Waals surface area contributed by atoms with Gasteiger partial charge >= 0.3 is 17.9 Å². The largest absolute Gasteiger partial charge is 0.480 e. The lowest BCUT2D eigenvalue weighted by Crippen LogP contribution is -2.51. The normalized spacial score (nSPS) is 12.7. The van der Waals surface area contributed by atoms with Gasteiger partial charge in [-0.3, -0.25) is 14.4 Å². The molecule has 1 N–H and O–H groups in total. The molecule has 0 heterocycles. The molecule has 0 aliphatic heterocycles. The number of ether oxygens (including phenoxy) is 2. The van der Waals surface area contributed by atoms with Crippen molar-refractivity contribution in [2.45, 2.75) is 72.5 Å². The molecule has 122 valence electrons. The molecule has 0 spiro atoms. The minimum atomic E-state index is -2.32. The van der Waals surface area contributed by atoms with Crippen molar-refractivity contribution < 1.29 is 29.0 Å². The predicted molar refractivity (Wildman–Crippen MR) is 76.7 cm³/mol. The highest BCUT2D eigenvalue weighted by atomic mass is 16.6. The number of carboxylic acid groups (broad SMARTS) is 1. The minimum Gasteiger partial charge on any atom is -0.480 e. The highest BCUT2D eigenvalue weighted by molar-refractivity contribution is 6.17. The lowest BCUT2D eigenvalue weighted by atomic mass is 9.83. The van der Waals surface area contributed by atoms with Crippen LogP contribution in [-0.4, -0.2) is 34.2 Å². The maximum atomic E-state index is 12.3. The predicted octanol–water partition coefficient (Wildman–Crippen LogP) is 2.54. The topological polar surface area (TPSA) is 89.9 Å². The Morgan fingerprint density at radius 2 is 1.19 bits per heavy atom. The van der Waals surface area contributed by atoms with Crippen molar-refractivity contribution in [3.05, 3.63) is 0 Å². The van der Waals surface area contributed by atoms with Crippen molar-refractivity contribution in [2.24, 2.45) is 5.41 Å². The first kappa shape index (κ1) is 19.4. The van der Waals surface area contributed by atoms with Gasteiger partial charge in [0.1, 0.15) is 11.2 Å². The zero-order valence-electron chi connectivity index (χ0n) is 13.9. The second-order valence-corrected chi connectivity index (χ2v) is 6.96. The average molecular weight is 302 g/mol. The average Bonchev–Trinajstić information content (AvgIpc) is 2.19. The standard InChI is InChI=1S/C15H26O6/c1-8-9-15(10(16)17,11(18)20-13(2,3)4)12(19)21-14(5,6)7/h8-9H2,1-7H3,(H,16,17). The van der Waals surface area contributed by atoms with Crippen molar-refractivity contribution in [3.8, 4) is 0 Å². The molecule has 0 fully saturated rings. The summed E-state index contributed by atoms with van der Waals surface area (Å²) < 4.78 is 10.3. The fourth-order valence-corrected chi connectivity index (χ4v) is 1.67. The Morgan fingerprint density at radius 1 is 0.857 bits per heavy atom. The molecule has 0 aromatic heterocycles. The van der Waals surface area contributed by atoms with Gasteiger partial charge in [0.25, 0.3) is 5.41 Å². The molecular formula is C15H26O6. The van der Waals surface area contributed by atoms with Crippen LogP contribution >= 0.6 is 0 Å². The van der Waals surface area contributed by atoms with Crippen molar-refractivity contribution in [3.63, 3.8) is 0 Å². The van der Waals surface area contributed by atoms with E-state index >= 15 is 0 Å². The number of carboxylic acids is 1. The zero-order chi connectivity index (χ0) is 17.1.